The molecule has 0 aliphatic rings. The second-order valence-corrected chi connectivity index (χ2v) is 7.74. The second kappa shape index (κ2) is 8.52. The van der Waals surface area contributed by atoms with Gasteiger partial charge in [0.05, 0.1) is 29.9 Å². The Morgan fingerprint density at radius 3 is 2.84 bits per heavy atom. The molecule has 25 heavy (non-hydrogen) atoms. The van der Waals surface area contributed by atoms with Crippen LogP contribution in [0.3, 0.4) is 0 Å². The molecule has 10 heteroatoms. The summed E-state index contributed by atoms with van der Waals surface area (Å²) in [5.74, 6) is 0. The number of halogens is 1. The van der Waals surface area contributed by atoms with Crippen molar-refractivity contribution in [3.63, 3.8) is 0 Å². The molecule has 134 valence electrons. The molecule has 2 N–H and O–H groups in total. The molecule has 2 rings (SSSR count). The monoisotopic (exact) mass is 399 g/mol. The van der Waals surface area contributed by atoms with Gasteiger partial charge in [-0.15, -0.1) is 9.24 Å². The van der Waals surface area contributed by atoms with E-state index in [0.717, 1.165) is 5.56 Å². The summed E-state index contributed by atoms with van der Waals surface area (Å²) in [5.41, 5.74) is 1.74. The van der Waals surface area contributed by atoms with Gasteiger partial charge in [0.1, 0.15) is 4.90 Å². The number of aromatic nitrogens is 2. The van der Waals surface area contributed by atoms with Crippen LogP contribution in [0.2, 0.25) is 5.02 Å². The molecule has 0 bridgehead atoms. The fourth-order valence-electron chi connectivity index (χ4n) is 2.17. The van der Waals surface area contributed by atoms with Crippen LogP contribution < -0.4 is 10.0 Å². The normalized spacial score (nSPS) is 11.1. The summed E-state index contributed by atoms with van der Waals surface area (Å²) in [6.07, 6.45) is 4.33. The predicted molar refractivity (Wildman–Crippen MR) is 102 cm³/mol. The number of nitrogens with zero attached hydrogens (tertiary/aromatic N) is 3. The minimum Gasteiger partial charge on any atom is -0.383 e. The molecular formula is C15H19ClN5O2PS. The van der Waals surface area contributed by atoms with E-state index in [-0.39, 0.29) is 4.90 Å². The molecule has 2 aromatic rings. The lowest BCUT2D eigenvalue weighted by atomic mass is 10.1. The Balaban J connectivity index is 2.28. The third-order valence-electron chi connectivity index (χ3n) is 3.52. The largest absolute Gasteiger partial charge is 0.383 e. The molecule has 1 aromatic heterocycles. The summed E-state index contributed by atoms with van der Waals surface area (Å²) in [6, 6.07) is 5.32. The van der Waals surface area contributed by atoms with Gasteiger partial charge in [0.25, 0.3) is 10.0 Å². The van der Waals surface area contributed by atoms with Gasteiger partial charge in [0.15, 0.2) is 0 Å². The van der Waals surface area contributed by atoms with E-state index < -0.39 is 10.0 Å². The van der Waals surface area contributed by atoms with Crippen LogP contribution in [-0.4, -0.2) is 24.7 Å². The minimum absolute atomic E-state index is 0.0815. The van der Waals surface area contributed by atoms with E-state index in [1.54, 1.807) is 19.1 Å². The van der Waals surface area contributed by atoms with Gasteiger partial charge in [-0.25, -0.2) is 8.42 Å². The summed E-state index contributed by atoms with van der Waals surface area (Å²) in [4.78, 5) is 0.0815. The Hall–Kier alpha value is -1.81. The molecule has 0 aliphatic carbocycles. The number of hydrogen-bond acceptors (Lipinski definition) is 5. The van der Waals surface area contributed by atoms with Gasteiger partial charge in [0, 0.05) is 24.2 Å². The van der Waals surface area contributed by atoms with E-state index in [2.05, 4.69) is 30.4 Å². The average Bonchev–Trinajstić information content (AvgIpc) is 3.07. The molecule has 1 aromatic carbocycles. The van der Waals surface area contributed by atoms with Gasteiger partial charge in [-0.05, 0) is 31.0 Å². The first-order valence-corrected chi connectivity index (χ1v) is 10.2. The van der Waals surface area contributed by atoms with Gasteiger partial charge in [-0.2, -0.15) is 10.4 Å². The van der Waals surface area contributed by atoms with Crippen molar-refractivity contribution in [2.45, 2.75) is 30.9 Å². The number of nitriles is 1. The Bertz CT molecular complexity index is 892. The zero-order valence-corrected chi connectivity index (χ0v) is 16.4. The van der Waals surface area contributed by atoms with E-state index in [0.29, 0.717) is 42.1 Å². The molecule has 0 saturated carbocycles. The van der Waals surface area contributed by atoms with E-state index >= 15 is 0 Å². The first kappa shape index (κ1) is 19.5. The van der Waals surface area contributed by atoms with Crippen LogP contribution in [0.4, 0.5) is 11.4 Å². The van der Waals surface area contributed by atoms with E-state index in [4.69, 9.17) is 16.9 Å². The Kier molecular flexibility index (Phi) is 6.65. The smallest absolute Gasteiger partial charge is 0.265 e. The Morgan fingerprint density at radius 2 is 2.20 bits per heavy atom. The van der Waals surface area contributed by atoms with Crippen molar-refractivity contribution in [3.8, 4) is 6.07 Å². The highest BCUT2D eigenvalue weighted by molar-refractivity contribution is 7.92. The number of rotatable bonds is 8. The van der Waals surface area contributed by atoms with Crippen molar-refractivity contribution in [1.82, 2.24) is 9.78 Å². The van der Waals surface area contributed by atoms with Crippen LogP contribution in [0, 0.1) is 18.3 Å². The third-order valence-corrected chi connectivity index (χ3v) is 5.62. The highest BCUT2D eigenvalue weighted by atomic mass is 35.5. The SMILES string of the molecule is Cc1c(Cl)ccc(NS(=O)(=O)c2cnn(CP)c2)c1NCCCC#N. The molecule has 0 aliphatic heterocycles. The van der Waals surface area contributed by atoms with Crippen molar-refractivity contribution >= 4 is 42.2 Å². The van der Waals surface area contributed by atoms with Crippen LogP contribution in [0.15, 0.2) is 29.4 Å². The molecular weight excluding hydrogens is 381 g/mol. The maximum Gasteiger partial charge on any atom is 0.265 e. The van der Waals surface area contributed by atoms with E-state index in [9.17, 15) is 8.42 Å². The summed E-state index contributed by atoms with van der Waals surface area (Å²) in [6.45, 7) is 2.34. The second-order valence-electron chi connectivity index (χ2n) is 5.29. The first-order valence-electron chi connectivity index (χ1n) is 7.54. The third kappa shape index (κ3) is 4.85. The fourth-order valence-corrected chi connectivity index (χ4v) is 3.55. The zero-order chi connectivity index (χ0) is 18.4. The van der Waals surface area contributed by atoms with Crippen molar-refractivity contribution in [1.29, 1.82) is 5.26 Å². The highest BCUT2D eigenvalue weighted by Gasteiger charge is 2.19. The maximum absolute atomic E-state index is 12.6. The van der Waals surface area contributed by atoms with Crippen LogP contribution in [0.1, 0.15) is 18.4 Å². The highest BCUT2D eigenvalue weighted by Crippen LogP contribution is 2.33. The van der Waals surface area contributed by atoms with Crippen LogP contribution in [-0.2, 0) is 16.3 Å². The van der Waals surface area contributed by atoms with Gasteiger partial charge in [-0.1, -0.05) is 11.6 Å². The quantitative estimate of drug-likeness (QED) is 0.524. The summed E-state index contributed by atoms with van der Waals surface area (Å²) >= 11 is 6.15. The minimum atomic E-state index is -3.77. The molecule has 0 fully saturated rings. The molecule has 1 unspecified atom stereocenters. The summed E-state index contributed by atoms with van der Waals surface area (Å²) in [5, 5.41) is 16.3. The van der Waals surface area contributed by atoms with Crippen LogP contribution in [0.5, 0.6) is 0 Å². The number of sulfonamides is 1. The van der Waals surface area contributed by atoms with Crippen molar-refractivity contribution < 1.29 is 8.42 Å². The van der Waals surface area contributed by atoms with Gasteiger partial charge >= 0.3 is 0 Å². The molecule has 7 nitrogen and oxygen atoms in total. The number of unbranched alkanes of at least 4 members (excludes halogenated alkanes) is 1. The average molecular weight is 400 g/mol. The lowest BCUT2D eigenvalue weighted by molar-refractivity contribution is 0.601. The van der Waals surface area contributed by atoms with Crippen molar-refractivity contribution in [2.24, 2.45) is 0 Å². The molecule has 0 radical (unpaired) electrons. The topological polar surface area (TPSA) is 99.8 Å². The van der Waals surface area contributed by atoms with Gasteiger partial charge in [0.2, 0.25) is 0 Å². The first-order chi connectivity index (χ1) is 11.9. The molecule has 1 atom stereocenters. The number of hydrogen-bond donors (Lipinski definition) is 2. The number of nitrogens with one attached hydrogen (secondary N) is 2. The molecule has 1 heterocycles. The standard InChI is InChI=1S/C15H19ClN5O2PS/c1-11-13(16)4-5-14(15(11)18-7-3-2-6-17)20-25(22,23)12-8-19-21(9-12)10-24/h4-5,8-9,18,20H,2-3,7,10,24H2,1H3. The lowest BCUT2D eigenvalue weighted by Gasteiger charge is -2.17. The fraction of sp³-hybridized carbons (Fsp3) is 0.333. The Morgan fingerprint density at radius 1 is 1.44 bits per heavy atom. The molecule has 0 spiro atoms. The van der Waals surface area contributed by atoms with Gasteiger partial charge in [-0.3, -0.25) is 9.40 Å². The van der Waals surface area contributed by atoms with Gasteiger partial charge < -0.3 is 5.32 Å². The Labute approximate surface area is 154 Å². The van der Waals surface area contributed by atoms with Crippen LogP contribution in [0.25, 0.3) is 0 Å². The zero-order valence-electron chi connectivity index (χ0n) is 13.7. The van der Waals surface area contributed by atoms with E-state index in [1.165, 1.54) is 17.1 Å². The van der Waals surface area contributed by atoms with Crippen molar-refractivity contribution in [2.75, 3.05) is 16.6 Å². The number of anilines is 2. The van der Waals surface area contributed by atoms with Crippen molar-refractivity contribution in [3.05, 3.63) is 35.1 Å². The molecule has 0 amide bonds. The van der Waals surface area contributed by atoms with Crippen LogP contribution >= 0.6 is 20.8 Å². The number of benzene rings is 1. The summed E-state index contributed by atoms with van der Waals surface area (Å²) < 4.78 is 29.2. The lowest BCUT2D eigenvalue weighted by Crippen LogP contribution is -2.15. The molecule has 0 saturated heterocycles. The summed E-state index contributed by atoms with van der Waals surface area (Å²) in [7, 11) is -1.30. The predicted octanol–water partition coefficient (Wildman–Crippen LogP) is 3.19. The van der Waals surface area contributed by atoms with E-state index in [1.807, 2.05) is 0 Å². The maximum atomic E-state index is 12.6.